The molecule has 0 aromatic rings. The van der Waals surface area contributed by atoms with Crippen LogP contribution >= 0.6 is 22.6 Å². The molecule has 0 N–H and O–H groups in total. The molecule has 0 radical (unpaired) electrons. The first-order valence-electron chi connectivity index (χ1n) is 4.25. The number of hydrogen-bond donors (Lipinski definition) is 0. The zero-order valence-electron chi connectivity index (χ0n) is 7.59. The molecule has 0 saturated heterocycles. The molecule has 0 fully saturated rings. The quantitative estimate of drug-likeness (QED) is 0.295. The first-order valence-corrected chi connectivity index (χ1v) is 5.50. The lowest BCUT2D eigenvalue weighted by Crippen LogP contribution is -2.13. The van der Waals surface area contributed by atoms with Crippen LogP contribution in [0.1, 0.15) is 19.8 Å². The van der Waals surface area contributed by atoms with Crippen molar-refractivity contribution in [2.45, 2.75) is 23.9 Å². The molecule has 0 saturated carbocycles. The lowest BCUT2D eigenvalue weighted by Gasteiger charge is -2.10. The molecule has 0 bridgehead atoms. The van der Waals surface area contributed by atoms with Gasteiger partial charge in [0.1, 0.15) is 4.11 Å². The Labute approximate surface area is 88.5 Å². The van der Waals surface area contributed by atoms with E-state index in [2.05, 4.69) is 36.1 Å². The van der Waals surface area contributed by atoms with Gasteiger partial charge in [0.2, 0.25) is 0 Å². The van der Waals surface area contributed by atoms with Gasteiger partial charge >= 0.3 is 0 Å². The van der Waals surface area contributed by atoms with E-state index < -0.39 is 0 Å². The summed E-state index contributed by atoms with van der Waals surface area (Å²) in [5.41, 5.74) is 0. The number of rotatable bonds is 8. The van der Waals surface area contributed by atoms with Gasteiger partial charge in [-0.05, 0) is 29.0 Å². The molecule has 1 atom stereocenters. The lowest BCUT2D eigenvalue weighted by atomic mass is 10.4. The van der Waals surface area contributed by atoms with E-state index in [-0.39, 0.29) is 4.11 Å². The standard InChI is InChI=1S/C9H17IO2/c1-3-5-7-12-9(10)8-11-6-4-2/h4,9H,2-3,5-8H2,1H3. The summed E-state index contributed by atoms with van der Waals surface area (Å²) in [4.78, 5) is 0. The Balaban J connectivity index is 3.09. The Hall–Kier alpha value is 0.390. The van der Waals surface area contributed by atoms with Gasteiger partial charge in [-0.25, -0.2) is 0 Å². The monoisotopic (exact) mass is 284 g/mol. The highest BCUT2D eigenvalue weighted by Crippen LogP contribution is 2.04. The molecule has 0 amide bonds. The highest BCUT2D eigenvalue weighted by atomic mass is 127. The van der Waals surface area contributed by atoms with Crippen molar-refractivity contribution in [2.75, 3.05) is 19.8 Å². The van der Waals surface area contributed by atoms with E-state index in [9.17, 15) is 0 Å². The van der Waals surface area contributed by atoms with E-state index in [1.165, 1.54) is 6.42 Å². The largest absolute Gasteiger partial charge is 0.374 e. The van der Waals surface area contributed by atoms with Crippen LogP contribution in [0, 0.1) is 0 Å². The molecule has 0 aromatic carbocycles. The Kier molecular flexibility index (Phi) is 9.79. The predicted octanol–water partition coefficient (Wildman–Crippen LogP) is 2.77. The van der Waals surface area contributed by atoms with Crippen LogP contribution in [0.2, 0.25) is 0 Å². The van der Waals surface area contributed by atoms with E-state index >= 15 is 0 Å². The van der Waals surface area contributed by atoms with Gasteiger partial charge in [-0.15, -0.1) is 6.58 Å². The topological polar surface area (TPSA) is 18.5 Å². The Morgan fingerprint density at radius 3 is 2.92 bits per heavy atom. The summed E-state index contributed by atoms with van der Waals surface area (Å²) in [6, 6.07) is 0. The second-order valence-corrected chi connectivity index (χ2v) is 3.85. The summed E-state index contributed by atoms with van der Waals surface area (Å²) in [5, 5.41) is 0. The zero-order valence-corrected chi connectivity index (χ0v) is 9.75. The first-order chi connectivity index (χ1) is 5.81. The fourth-order valence-electron chi connectivity index (χ4n) is 0.648. The van der Waals surface area contributed by atoms with Crippen molar-refractivity contribution in [1.29, 1.82) is 0 Å². The summed E-state index contributed by atoms with van der Waals surface area (Å²) in [7, 11) is 0. The number of alkyl halides is 1. The van der Waals surface area contributed by atoms with Crippen molar-refractivity contribution < 1.29 is 9.47 Å². The summed E-state index contributed by atoms with van der Waals surface area (Å²) in [6.07, 6.45) is 4.05. The van der Waals surface area contributed by atoms with Crippen LogP contribution in [0.5, 0.6) is 0 Å². The molecule has 0 aromatic heterocycles. The van der Waals surface area contributed by atoms with E-state index in [0.717, 1.165) is 13.0 Å². The van der Waals surface area contributed by atoms with Crippen LogP contribution in [0.3, 0.4) is 0 Å². The maximum absolute atomic E-state index is 5.46. The highest BCUT2D eigenvalue weighted by Gasteiger charge is 2.01. The number of hydrogen-bond acceptors (Lipinski definition) is 2. The molecule has 12 heavy (non-hydrogen) atoms. The van der Waals surface area contributed by atoms with Crippen LogP contribution in [0.25, 0.3) is 0 Å². The second-order valence-electron chi connectivity index (χ2n) is 2.46. The molecular formula is C9H17IO2. The van der Waals surface area contributed by atoms with Crippen LogP contribution in [0.15, 0.2) is 12.7 Å². The predicted molar refractivity (Wildman–Crippen MR) is 59.7 cm³/mol. The van der Waals surface area contributed by atoms with Crippen LogP contribution in [-0.2, 0) is 9.47 Å². The summed E-state index contributed by atoms with van der Waals surface area (Å²) < 4.78 is 10.9. The minimum absolute atomic E-state index is 0.175. The van der Waals surface area contributed by atoms with Crippen molar-refractivity contribution in [2.24, 2.45) is 0 Å². The normalized spacial score (nSPS) is 12.8. The Morgan fingerprint density at radius 2 is 2.33 bits per heavy atom. The lowest BCUT2D eigenvalue weighted by molar-refractivity contribution is 0.0461. The molecule has 3 heteroatoms. The first kappa shape index (κ1) is 12.4. The van der Waals surface area contributed by atoms with E-state index in [4.69, 9.17) is 9.47 Å². The van der Waals surface area contributed by atoms with Gasteiger partial charge in [-0.3, -0.25) is 0 Å². The van der Waals surface area contributed by atoms with Crippen molar-refractivity contribution in [1.82, 2.24) is 0 Å². The van der Waals surface area contributed by atoms with Gasteiger partial charge in [0.25, 0.3) is 0 Å². The Morgan fingerprint density at radius 1 is 1.58 bits per heavy atom. The average molecular weight is 284 g/mol. The van der Waals surface area contributed by atoms with Crippen molar-refractivity contribution in [3.8, 4) is 0 Å². The smallest absolute Gasteiger partial charge is 0.132 e. The molecule has 0 aliphatic rings. The van der Waals surface area contributed by atoms with E-state index in [1.807, 2.05) is 0 Å². The van der Waals surface area contributed by atoms with E-state index in [1.54, 1.807) is 6.08 Å². The van der Waals surface area contributed by atoms with Gasteiger partial charge in [0.05, 0.1) is 13.2 Å². The maximum atomic E-state index is 5.46. The van der Waals surface area contributed by atoms with Crippen molar-refractivity contribution in [3.63, 3.8) is 0 Å². The molecular weight excluding hydrogens is 267 g/mol. The van der Waals surface area contributed by atoms with Gasteiger partial charge in [0.15, 0.2) is 0 Å². The third-order valence-corrected chi connectivity index (χ3v) is 2.00. The summed E-state index contributed by atoms with van der Waals surface area (Å²) in [5.74, 6) is 0. The van der Waals surface area contributed by atoms with E-state index in [0.29, 0.717) is 13.2 Å². The third kappa shape index (κ3) is 8.49. The molecule has 1 unspecified atom stereocenters. The highest BCUT2D eigenvalue weighted by molar-refractivity contribution is 14.1. The second kappa shape index (κ2) is 9.48. The third-order valence-electron chi connectivity index (χ3n) is 1.28. The van der Waals surface area contributed by atoms with Crippen LogP contribution in [-0.4, -0.2) is 23.9 Å². The number of ether oxygens (including phenoxy) is 2. The summed E-state index contributed by atoms with van der Waals surface area (Å²) in [6.45, 7) is 7.81. The number of halogens is 1. The molecule has 0 aliphatic heterocycles. The Bertz CT molecular complexity index is 107. The SMILES string of the molecule is C=CCOCC(I)OCCCC. The number of unbranched alkanes of at least 4 members (excludes halogenated alkanes) is 1. The van der Waals surface area contributed by atoms with Gasteiger partial charge < -0.3 is 9.47 Å². The molecule has 0 spiro atoms. The molecule has 0 aliphatic carbocycles. The summed E-state index contributed by atoms with van der Waals surface area (Å²) >= 11 is 2.24. The van der Waals surface area contributed by atoms with Gasteiger partial charge in [0, 0.05) is 6.61 Å². The van der Waals surface area contributed by atoms with Crippen molar-refractivity contribution in [3.05, 3.63) is 12.7 Å². The average Bonchev–Trinajstić information content (AvgIpc) is 2.06. The minimum Gasteiger partial charge on any atom is -0.374 e. The van der Waals surface area contributed by atoms with Crippen molar-refractivity contribution >= 4 is 22.6 Å². The van der Waals surface area contributed by atoms with Crippen LogP contribution in [0.4, 0.5) is 0 Å². The zero-order chi connectivity index (χ0) is 9.23. The van der Waals surface area contributed by atoms with Gasteiger partial charge in [-0.1, -0.05) is 19.4 Å². The molecule has 72 valence electrons. The molecule has 0 rings (SSSR count). The molecule has 0 heterocycles. The fraction of sp³-hybridized carbons (Fsp3) is 0.778. The fourth-order valence-corrected chi connectivity index (χ4v) is 1.16. The maximum Gasteiger partial charge on any atom is 0.132 e. The molecule has 2 nitrogen and oxygen atoms in total. The van der Waals surface area contributed by atoms with Crippen LogP contribution < -0.4 is 0 Å². The minimum atomic E-state index is 0.175. The van der Waals surface area contributed by atoms with Gasteiger partial charge in [-0.2, -0.15) is 0 Å².